The zero-order valence-corrected chi connectivity index (χ0v) is 16.2. The molecule has 0 bridgehead atoms. The third kappa shape index (κ3) is 3.19. The molecule has 0 saturated carbocycles. The Balaban J connectivity index is 0.00000240. The number of benzene rings is 2. The minimum atomic E-state index is -0.752. The largest absolute Gasteiger partial charge is 0.496 e. The van der Waals surface area contributed by atoms with Crippen LogP contribution in [0.1, 0.15) is 24.5 Å². The fourth-order valence-corrected chi connectivity index (χ4v) is 3.89. The lowest BCUT2D eigenvalue weighted by atomic mass is 9.84. The van der Waals surface area contributed by atoms with E-state index in [0.717, 1.165) is 0 Å². The van der Waals surface area contributed by atoms with Crippen LogP contribution in [0.4, 0.5) is 5.69 Å². The molecule has 0 radical (unpaired) electrons. The van der Waals surface area contributed by atoms with Crippen molar-refractivity contribution >= 4 is 32.6 Å². The summed E-state index contributed by atoms with van der Waals surface area (Å²) in [5, 5.41) is 10.2. The molecule has 0 aliphatic carbocycles. The van der Waals surface area contributed by atoms with Gasteiger partial charge in [0.25, 0.3) is 0 Å². The predicted octanol–water partition coefficient (Wildman–Crippen LogP) is 4.00. The van der Waals surface area contributed by atoms with Crippen molar-refractivity contribution in [1.82, 2.24) is 0 Å². The lowest BCUT2D eigenvalue weighted by Crippen LogP contribution is -2.26. The maximum atomic E-state index is 12.8. The first-order valence-corrected chi connectivity index (χ1v) is 9.01. The smallest absolute Gasteiger partial charge is 0.344 e. The zero-order valence-electron chi connectivity index (χ0n) is 14.7. The first kappa shape index (κ1) is 20.3. The van der Waals surface area contributed by atoms with Crippen LogP contribution in [0.3, 0.4) is 0 Å². The Hall–Kier alpha value is -3.44. The summed E-state index contributed by atoms with van der Waals surface area (Å²) >= 11 is 3.43. The molecular formula is C21H18BrN3O4. The number of nitriles is 1. The minimum Gasteiger partial charge on any atom is -0.496 e. The van der Waals surface area contributed by atoms with E-state index in [1.807, 2.05) is 0 Å². The van der Waals surface area contributed by atoms with Gasteiger partial charge >= 0.3 is 5.63 Å². The van der Waals surface area contributed by atoms with Crippen molar-refractivity contribution in [1.29, 1.82) is 5.26 Å². The van der Waals surface area contributed by atoms with E-state index >= 15 is 0 Å². The molecule has 7 nitrogen and oxygen atoms in total. The second-order valence-corrected chi connectivity index (χ2v) is 7.06. The lowest BCUT2D eigenvalue weighted by molar-refractivity contribution is 0.388. The minimum absolute atomic E-state index is 0. The quantitative estimate of drug-likeness (QED) is 0.441. The summed E-state index contributed by atoms with van der Waals surface area (Å²) in [5.74, 6) is 0.0381. The highest BCUT2D eigenvalue weighted by Crippen LogP contribution is 2.44. The van der Waals surface area contributed by atoms with E-state index in [1.54, 1.807) is 43.5 Å². The third-order valence-electron chi connectivity index (χ3n) is 4.60. The van der Waals surface area contributed by atoms with Crippen LogP contribution < -0.4 is 26.6 Å². The molecule has 0 fully saturated rings. The zero-order chi connectivity index (χ0) is 20.0. The van der Waals surface area contributed by atoms with Crippen LogP contribution in [0.15, 0.2) is 61.5 Å². The summed E-state index contributed by atoms with van der Waals surface area (Å²) in [6.07, 6.45) is 0. The van der Waals surface area contributed by atoms with E-state index in [1.165, 1.54) is 0 Å². The van der Waals surface area contributed by atoms with Gasteiger partial charge in [-0.1, -0.05) is 13.5 Å². The Morgan fingerprint density at radius 1 is 1.21 bits per heavy atom. The van der Waals surface area contributed by atoms with Crippen LogP contribution in [-0.4, -0.2) is 7.11 Å². The van der Waals surface area contributed by atoms with Gasteiger partial charge in [-0.2, -0.15) is 5.26 Å². The number of hydrogen-bond donors (Lipinski definition) is 2. The fourth-order valence-electron chi connectivity index (χ4n) is 3.33. The fraction of sp³-hybridized carbons (Fsp3) is 0.143. The molecule has 148 valence electrons. The number of nitrogens with zero attached hydrogens (tertiary/aromatic N) is 1. The molecule has 0 spiro atoms. The van der Waals surface area contributed by atoms with E-state index in [4.69, 9.17) is 25.4 Å². The highest BCUT2D eigenvalue weighted by molar-refractivity contribution is 9.10. The van der Waals surface area contributed by atoms with Gasteiger partial charge in [-0.25, -0.2) is 4.79 Å². The Bertz CT molecular complexity index is 1260. The predicted molar refractivity (Wildman–Crippen MR) is 114 cm³/mol. The number of nitrogen functional groups attached to an aromatic ring is 1. The Morgan fingerprint density at radius 3 is 2.62 bits per heavy atom. The van der Waals surface area contributed by atoms with Crippen molar-refractivity contribution in [3.63, 3.8) is 0 Å². The monoisotopic (exact) mass is 455 g/mol. The SMILES string of the molecule is C.COc1ccc(C2C(C#N)=C(N)Oc3c2c(=O)oc2ccc(N)cc32)cc1Br. The molecule has 1 atom stereocenters. The van der Waals surface area contributed by atoms with Crippen LogP contribution in [0.25, 0.3) is 11.0 Å². The summed E-state index contributed by atoms with van der Waals surface area (Å²) in [5.41, 5.74) is 13.1. The molecule has 0 saturated heterocycles. The number of halogens is 1. The van der Waals surface area contributed by atoms with Crippen molar-refractivity contribution in [3.05, 3.63) is 73.9 Å². The van der Waals surface area contributed by atoms with Crippen molar-refractivity contribution in [2.24, 2.45) is 5.73 Å². The lowest BCUT2D eigenvalue weighted by Gasteiger charge is -2.26. The molecular weight excluding hydrogens is 438 g/mol. The van der Waals surface area contributed by atoms with Crippen molar-refractivity contribution < 1.29 is 13.9 Å². The van der Waals surface area contributed by atoms with Crippen LogP contribution in [0, 0.1) is 11.3 Å². The van der Waals surface area contributed by atoms with Gasteiger partial charge in [-0.05, 0) is 51.8 Å². The summed E-state index contributed by atoms with van der Waals surface area (Å²) in [7, 11) is 1.55. The van der Waals surface area contributed by atoms with Crippen molar-refractivity contribution in [2.75, 3.05) is 12.8 Å². The second-order valence-electron chi connectivity index (χ2n) is 6.21. The van der Waals surface area contributed by atoms with Crippen LogP contribution in [-0.2, 0) is 0 Å². The standard InChI is InChI=1S/C20H14BrN3O4.CH4/c1-26-15-4-2-9(6-13(15)21)16-12(8-22)19(24)28-18-11-7-10(23)3-5-14(11)27-20(25)17(16)18;/h2-7,16H,23-24H2,1H3;1H4. The number of methoxy groups -OCH3 is 1. The molecule has 4 N–H and O–H groups in total. The topological polar surface area (TPSA) is 124 Å². The molecule has 29 heavy (non-hydrogen) atoms. The van der Waals surface area contributed by atoms with Crippen molar-refractivity contribution in [3.8, 4) is 17.6 Å². The molecule has 2 aromatic carbocycles. The number of anilines is 1. The molecule has 1 aliphatic heterocycles. The molecule has 0 amide bonds. The van der Waals surface area contributed by atoms with Gasteiger partial charge < -0.3 is 25.4 Å². The number of rotatable bonds is 2. The normalized spacial score (nSPS) is 15.1. The molecule has 3 aromatic rings. The van der Waals surface area contributed by atoms with Crippen molar-refractivity contribution in [2.45, 2.75) is 13.3 Å². The van der Waals surface area contributed by atoms with Crippen LogP contribution >= 0.6 is 15.9 Å². The molecule has 1 aromatic heterocycles. The van der Waals surface area contributed by atoms with Gasteiger partial charge in [0.15, 0.2) is 5.75 Å². The molecule has 8 heteroatoms. The Kier molecular flexibility index (Phi) is 5.27. The second kappa shape index (κ2) is 7.53. The van der Waals surface area contributed by atoms with E-state index in [2.05, 4.69) is 22.0 Å². The first-order valence-electron chi connectivity index (χ1n) is 8.22. The van der Waals surface area contributed by atoms with Gasteiger partial charge in [-0.15, -0.1) is 0 Å². The maximum Gasteiger partial charge on any atom is 0.344 e. The Labute approximate surface area is 175 Å². The van der Waals surface area contributed by atoms with Crippen LogP contribution in [0.2, 0.25) is 0 Å². The third-order valence-corrected chi connectivity index (χ3v) is 5.22. The summed E-state index contributed by atoms with van der Waals surface area (Å²) < 4.78 is 17.1. The Morgan fingerprint density at radius 2 is 1.97 bits per heavy atom. The van der Waals surface area contributed by atoms with Gasteiger partial charge in [0, 0.05) is 5.69 Å². The highest BCUT2D eigenvalue weighted by atomic mass is 79.9. The summed E-state index contributed by atoms with van der Waals surface area (Å²) in [4.78, 5) is 12.8. The first-order chi connectivity index (χ1) is 13.4. The van der Waals surface area contributed by atoms with E-state index < -0.39 is 11.5 Å². The highest BCUT2D eigenvalue weighted by Gasteiger charge is 2.35. The average Bonchev–Trinajstić information content (AvgIpc) is 2.67. The summed E-state index contributed by atoms with van der Waals surface area (Å²) in [6, 6.07) is 12.2. The van der Waals surface area contributed by atoms with E-state index in [-0.39, 0.29) is 30.2 Å². The van der Waals surface area contributed by atoms with Gasteiger partial charge in [0.1, 0.15) is 23.0 Å². The van der Waals surface area contributed by atoms with E-state index in [0.29, 0.717) is 32.4 Å². The van der Waals surface area contributed by atoms with Gasteiger partial charge in [0.2, 0.25) is 5.88 Å². The molecule has 1 aliphatic rings. The summed E-state index contributed by atoms with van der Waals surface area (Å²) in [6.45, 7) is 0. The van der Waals surface area contributed by atoms with Gasteiger partial charge in [0.05, 0.1) is 28.5 Å². The molecule has 4 rings (SSSR count). The number of nitrogens with two attached hydrogens (primary N) is 2. The molecule has 1 unspecified atom stereocenters. The number of fused-ring (bicyclic) bond motifs is 3. The van der Waals surface area contributed by atoms with Gasteiger partial charge in [-0.3, -0.25) is 0 Å². The number of allylic oxidation sites excluding steroid dienone is 1. The maximum absolute atomic E-state index is 12.8. The average molecular weight is 456 g/mol. The van der Waals surface area contributed by atoms with Crippen LogP contribution in [0.5, 0.6) is 11.5 Å². The number of ether oxygens (including phenoxy) is 2. The van der Waals surface area contributed by atoms with E-state index in [9.17, 15) is 10.1 Å². The number of hydrogen-bond acceptors (Lipinski definition) is 7. The molecule has 2 heterocycles.